The molecule has 0 saturated carbocycles. The highest BCUT2D eigenvalue weighted by Crippen LogP contribution is 2.16. The van der Waals surface area contributed by atoms with E-state index in [0.717, 1.165) is 43.7 Å². The number of nitrogens with one attached hydrogen (secondary N) is 1. The van der Waals surface area contributed by atoms with Crippen LogP contribution in [0.25, 0.3) is 11.3 Å². The molecule has 0 bridgehead atoms. The number of rotatable bonds is 8. The molecule has 124 valence electrons. The Labute approximate surface area is 143 Å². The van der Waals surface area contributed by atoms with Crippen LogP contribution in [0.5, 0.6) is 0 Å². The number of hydrogen-bond acceptors (Lipinski definition) is 3. The summed E-state index contributed by atoms with van der Waals surface area (Å²) >= 11 is 0. The highest BCUT2D eigenvalue weighted by molar-refractivity contribution is 5.58. The summed E-state index contributed by atoms with van der Waals surface area (Å²) in [5.74, 6) is 1.17. The zero-order chi connectivity index (χ0) is 16.6. The van der Waals surface area contributed by atoms with E-state index in [-0.39, 0.29) is 0 Å². The number of pyridine rings is 1. The van der Waals surface area contributed by atoms with E-state index in [1.807, 2.05) is 30.6 Å². The van der Waals surface area contributed by atoms with Gasteiger partial charge in [0.15, 0.2) is 0 Å². The number of aryl methyl sites for hydroxylation is 2. The molecule has 1 N–H and O–H groups in total. The molecule has 2 heterocycles. The molecule has 3 rings (SSSR count). The molecule has 0 fully saturated rings. The SMILES string of the molecule is CCc1nccn1CCCNCc1ccc(-c2ccccn2)cc1. The third-order valence-electron chi connectivity index (χ3n) is 4.11. The minimum atomic E-state index is 0.896. The van der Waals surface area contributed by atoms with Crippen LogP contribution in [0.1, 0.15) is 24.7 Å². The fourth-order valence-corrected chi connectivity index (χ4v) is 2.79. The Bertz CT molecular complexity index is 732. The second kappa shape index (κ2) is 8.41. The Morgan fingerprint density at radius 1 is 1.00 bits per heavy atom. The summed E-state index contributed by atoms with van der Waals surface area (Å²) in [6.07, 6.45) is 7.87. The van der Waals surface area contributed by atoms with Crippen LogP contribution in [0, 0.1) is 0 Å². The normalized spacial score (nSPS) is 10.9. The van der Waals surface area contributed by atoms with Gasteiger partial charge in [0.1, 0.15) is 5.82 Å². The average Bonchev–Trinajstić information content (AvgIpc) is 3.10. The van der Waals surface area contributed by atoms with Crippen molar-refractivity contribution in [2.45, 2.75) is 32.9 Å². The van der Waals surface area contributed by atoms with Gasteiger partial charge in [-0.3, -0.25) is 4.98 Å². The second-order valence-electron chi connectivity index (χ2n) is 5.83. The van der Waals surface area contributed by atoms with E-state index in [9.17, 15) is 0 Å². The summed E-state index contributed by atoms with van der Waals surface area (Å²) in [6.45, 7) is 5.07. The molecule has 0 atom stereocenters. The van der Waals surface area contributed by atoms with Gasteiger partial charge >= 0.3 is 0 Å². The van der Waals surface area contributed by atoms with E-state index >= 15 is 0 Å². The Hall–Kier alpha value is -2.46. The zero-order valence-electron chi connectivity index (χ0n) is 14.2. The van der Waals surface area contributed by atoms with Gasteiger partial charge in [0.2, 0.25) is 0 Å². The Kier molecular flexibility index (Phi) is 5.75. The topological polar surface area (TPSA) is 42.7 Å². The van der Waals surface area contributed by atoms with Crippen molar-refractivity contribution >= 4 is 0 Å². The second-order valence-corrected chi connectivity index (χ2v) is 5.83. The molecule has 0 spiro atoms. The van der Waals surface area contributed by atoms with Gasteiger partial charge in [0, 0.05) is 43.7 Å². The molecule has 0 unspecified atom stereocenters. The highest BCUT2D eigenvalue weighted by Gasteiger charge is 2.00. The fraction of sp³-hybridized carbons (Fsp3) is 0.300. The third kappa shape index (κ3) is 4.30. The summed E-state index contributed by atoms with van der Waals surface area (Å²) < 4.78 is 2.24. The van der Waals surface area contributed by atoms with Crippen molar-refractivity contribution in [1.29, 1.82) is 0 Å². The summed E-state index contributed by atoms with van der Waals surface area (Å²) in [7, 11) is 0. The molecular weight excluding hydrogens is 296 g/mol. The van der Waals surface area contributed by atoms with Gasteiger partial charge in [-0.05, 0) is 30.7 Å². The lowest BCUT2D eigenvalue weighted by Crippen LogP contribution is -2.16. The van der Waals surface area contributed by atoms with E-state index in [1.165, 1.54) is 11.4 Å². The molecule has 24 heavy (non-hydrogen) atoms. The molecule has 2 aromatic heterocycles. The number of benzene rings is 1. The van der Waals surface area contributed by atoms with Crippen molar-refractivity contribution < 1.29 is 0 Å². The van der Waals surface area contributed by atoms with Gasteiger partial charge in [-0.25, -0.2) is 4.98 Å². The monoisotopic (exact) mass is 320 g/mol. The van der Waals surface area contributed by atoms with Crippen LogP contribution in [0.2, 0.25) is 0 Å². The minimum Gasteiger partial charge on any atom is -0.335 e. The standard InChI is InChI=1S/C20H24N4/c1-2-20-23-13-15-24(20)14-5-11-21-16-17-7-9-18(10-8-17)19-6-3-4-12-22-19/h3-4,6-10,12-13,15,21H,2,5,11,14,16H2,1H3. The molecule has 4 nitrogen and oxygen atoms in total. The van der Waals surface area contributed by atoms with Crippen LogP contribution in [0.4, 0.5) is 0 Å². The smallest absolute Gasteiger partial charge is 0.108 e. The van der Waals surface area contributed by atoms with E-state index in [2.05, 4.69) is 57.2 Å². The first-order valence-electron chi connectivity index (χ1n) is 8.58. The number of hydrogen-bond donors (Lipinski definition) is 1. The van der Waals surface area contributed by atoms with E-state index in [0.29, 0.717) is 0 Å². The van der Waals surface area contributed by atoms with Crippen LogP contribution < -0.4 is 5.32 Å². The molecule has 0 aliphatic heterocycles. The van der Waals surface area contributed by atoms with Gasteiger partial charge in [-0.1, -0.05) is 37.3 Å². The molecule has 0 amide bonds. The highest BCUT2D eigenvalue weighted by atomic mass is 15.1. The first kappa shape index (κ1) is 16.4. The first-order chi connectivity index (χ1) is 11.9. The number of nitrogens with zero attached hydrogens (tertiary/aromatic N) is 3. The minimum absolute atomic E-state index is 0.896. The summed E-state index contributed by atoms with van der Waals surface area (Å²) in [5.41, 5.74) is 3.47. The van der Waals surface area contributed by atoms with Gasteiger partial charge in [-0.2, -0.15) is 0 Å². The summed E-state index contributed by atoms with van der Waals surface area (Å²) in [4.78, 5) is 8.73. The number of aromatic nitrogens is 3. The Balaban J connectivity index is 1.42. The summed E-state index contributed by atoms with van der Waals surface area (Å²) in [6, 6.07) is 14.6. The molecule has 4 heteroatoms. The lowest BCUT2D eigenvalue weighted by molar-refractivity contribution is 0.567. The van der Waals surface area contributed by atoms with Crippen LogP contribution in [0.3, 0.4) is 0 Å². The Morgan fingerprint density at radius 2 is 1.88 bits per heavy atom. The lowest BCUT2D eigenvalue weighted by atomic mass is 10.1. The van der Waals surface area contributed by atoms with Crippen LogP contribution in [-0.2, 0) is 19.5 Å². The third-order valence-corrected chi connectivity index (χ3v) is 4.11. The molecule has 3 aromatic rings. The van der Waals surface area contributed by atoms with Crippen molar-refractivity contribution in [3.8, 4) is 11.3 Å². The average molecular weight is 320 g/mol. The van der Waals surface area contributed by atoms with Gasteiger partial charge < -0.3 is 9.88 Å². The largest absolute Gasteiger partial charge is 0.335 e. The van der Waals surface area contributed by atoms with Crippen molar-refractivity contribution in [2.75, 3.05) is 6.54 Å². The van der Waals surface area contributed by atoms with Crippen molar-refractivity contribution in [2.24, 2.45) is 0 Å². The molecule has 0 aliphatic carbocycles. The predicted molar refractivity (Wildman–Crippen MR) is 97.6 cm³/mol. The van der Waals surface area contributed by atoms with E-state index in [4.69, 9.17) is 0 Å². The zero-order valence-corrected chi connectivity index (χ0v) is 14.2. The van der Waals surface area contributed by atoms with Gasteiger partial charge in [0.05, 0.1) is 5.69 Å². The molecule has 1 aromatic carbocycles. The van der Waals surface area contributed by atoms with E-state index in [1.54, 1.807) is 0 Å². The maximum atomic E-state index is 4.38. The first-order valence-corrected chi connectivity index (χ1v) is 8.58. The Morgan fingerprint density at radius 3 is 2.62 bits per heavy atom. The maximum absolute atomic E-state index is 4.38. The molecule has 0 aliphatic rings. The molecular formula is C20H24N4. The van der Waals surface area contributed by atoms with Crippen LogP contribution in [-0.4, -0.2) is 21.1 Å². The fourth-order valence-electron chi connectivity index (χ4n) is 2.79. The van der Waals surface area contributed by atoms with Crippen molar-refractivity contribution in [1.82, 2.24) is 19.9 Å². The van der Waals surface area contributed by atoms with Crippen molar-refractivity contribution in [3.63, 3.8) is 0 Å². The summed E-state index contributed by atoms with van der Waals surface area (Å²) in [5, 5.41) is 3.51. The maximum Gasteiger partial charge on any atom is 0.108 e. The lowest BCUT2D eigenvalue weighted by Gasteiger charge is -2.08. The van der Waals surface area contributed by atoms with E-state index < -0.39 is 0 Å². The van der Waals surface area contributed by atoms with Gasteiger partial charge in [0.25, 0.3) is 0 Å². The van der Waals surface area contributed by atoms with Crippen LogP contribution >= 0.6 is 0 Å². The van der Waals surface area contributed by atoms with Crippen molar-refractivity contribution in [3.05, 3.63) is 72.4 Å². The molecule has 0 radical (unpaired) electrons. The molecule has 0 saturated heterocycles. The van der Waals surface area contributed by atoms with Crippen LogP contribution in [0.15, 0.2) is 61.1 Å². The number of imidazole rings is 1. The van der Waals surface area contributed by atoms with Gasteiger partial charge in [-0.15, -0.1) is 0 Å². The predicted octanol–water partition coefficient (Wildman–Crippen LogP) is 3.69. The quantitative estimate of drug-likeness (QED) is 0.644.